The summed E-state index contributed by atoms with van der Waals surface area (Å²) in [4.78, 5) is 11.3. The Bertz CT molecular complexity index is 335. The Balaban J connectivity index is 2.35. The minimum atomic E-state index is -0.218. The Morgan fingerprint density at radius 3 is 2.69 bits per heavy atom. The summed E-state index contributed by atoms with van der Waals surface area (Å²) in [5.41, 5.74) is 2.19. The molecule has 0 aliphatic carbocycles. The molecule has 1 N–H and O–H groups in total. The first-order valence-corrected chi connectivity index (χ1v) is 4.33. The van der Waals surface area contributed by atoms with Crippen LogP contribution in [0.25, 0.3) is 0 Å². The van der Waals surface area contributed by atoms with Crippen LogP contribution in [-0.2, 0) is 17.6 Å². The summed E-state index contributed by atoms with van der Waals surface area (Å²) < 4.78 is 0. The predicted molar refractivity (Wildman–Crippen MR) is 47.3 cm³/mol. The average Bonchev–Trinajstić information content (AvgIpc) is 2.28. The molecular weight excluding hydrogens is 166 g/mol. The predicted octanol–water partition coefficient (Wildman–Crippen LogP) is 1.00. The van der Waals surface area contributed by atoms with Crippen molar-refractivity contribution >= 4 is 5.91 Å². The molecule has 1 heterocycles. The second-order valence-electron chi connectivity index (χ2n) is 3.21. The Labute approximate surface area is 76.6 Å². The lowest BCUT2D eigenvalue weighted by molar-refractivity contribution is -0.163. The molecule has 0 radical (unpaired) electrons. The van der Waals surface area contributed by atoms with Crippen LogP contribution in [0.4, 0.5) is 0 Å². The zero-order valence-corrected chi connectivity index (χ0v) is 7.23. The Kier molecular flexibility index (Phi) is 2.02. The Morgan fingerprint density at radius 2 is 1.92 bits per heavy atom. The topological polar surface area (TPSA) is 40.5 Å². The molecule has 1 aromatic rings. The van der Waals surface area contributed by atoms with Gasteiger partial charge in [-0.25, -0.2) is 5.06 Å². The van der Waals surface area contributed by atoms with Gasteiger partial charge in [-0.05, 0) is 17.5 Å². The first-order valence-electron chi connectivity index (χ1n) is 4.33. The number of carbonyl (C=O) groups is 1. The minimum Gasteiger partial charge on any atom is -0.286 e. The highest BCUT2D eigenvalue weighted by Gasteiger charge is 2.17. The van der Waals surface area contributed by atoms with E-state index < -0.39 is 0 Å². The summed E-state index contributed by atoms with van der Waals surface area (Å²) >= 11 is 0. The van der Waals surface area contributed by atoms with E-state index in [9.17, 15) is 10.0 Å². The molecule has 0 saturated heterocycles. The number of nitrogens with zero attached hydrogens (tertiary/aromatic N) is 1. The smallest absolute Gasteiger partial charge is 0.250 e. The molecule has 0 spiro atoms. The van der Waals surface area contributed by atoms with Crippen molar-refractivity contribution in [3.05, 3.63) is 35.4 Å². The van der Waals surface area contributed by atoms with E-state index in [0.717, 1.165) is 22.6 Å². The van der Waals surface area contributed by atoms with Gasteiger partial charge in [0.1, 0.15) is 0 Å². The van der Waals surface area contributed by atoms with Crippen molar-refractivity contribution in [3.8, 4) is 0 Å². The van der Waals surface area contributed by atoms with Crippen molar-refractivity contribution in [2.24, 2.45) is 0 Å². The highest BCUT2D eigenvalue weighted by molar-refractivity contribution is 5.78. The zero-order chi connectivity index (χ0) is 9.26. The monoisotopic (exact) mass is 177 g/mol. The van der Waals surface area contributed by atoms with Crippen LogP contribution in [0.15, 0.2) is 24.3 Å². The van der Waals surface area contributed by atoms with Gasteiger partial charge in [0.2, 0.25) is 5.91 Å². The fourth-order valence-corrected chi connectivity index (χ4v) is 1.58. The zero-order valence-electron chi connectivity index (χ0n) is 7.23. The third kappa shape index (κ3) is 1.55. The molecule has 13 heavy (non-hydrogen) atoms. The van der Waals surface area contributed by atoms with E-state index in [4.69, 9.17) is 0 Å². The molecule has 3 heteroatoms. The lowest BCUT2D eigenvalue weighted by Gasteiger charge is -2.09. The summed E-state index contributed by atoms with van der Waals surface area (Å²) in [6.07, 6.45) is 1.05. The van der Waals surface area contributed by atoms with Crippen molar-refractivity contribution in [1.29, 1.82) is 0 Å². The summed E-state index contributed by atoms with van der Waals surface area (Å²) in [5, 5.41) is 10.0. The summed E-state index contributed by atoms with van der Waals surface area (Å²) in [5.74, 6) is -0.218. The number of hydrogen-bond acceptors (Lipinski definition) is 2. The third-order valence-corrected chi connectivity index (χ3v) is 2.34. The molecule has 0 aromatic heterocycles. The molecule has 0 atom stereocenters. The molecular formula is C10H11NO2. The molecule has 2 rings (SSSR count). The molecule has 0 unspecified atom stereocenters. The second-order valence-corrected chi connectivity index (χ2v) is 3.21. The first-order chi connectivity index (χ1) is 6.27. The number of amides is 1. The van der Waals surface area contributed by atoms with Crippen LogP contribution in [0.2, 0.25) is 0 Å². The van der Waals surface area contributed by atoms with Crippen LogP contribution < -0.4 is 0 Å². The van der Waals surface area contributed by atoms with E-state index in [1.807, 2.05) is 24.3 Å². The van der Waals surface area contributed by atoms with Gasteiger partial charge in [-0.1, -0.05) is 24.3 Å². The van der Waals surface area contributed by atoms with Crippen molar-refractivity contribution in [2.45, 2.75) is 12.8 Å². The number of hydroxylamine groups is 2. The highest BCUT2D eigenvalue weighted by atomic mass is 16.5. The van der Waals surface area contributed by atoms with E-state index in [0.29, 0.717) is 13.0 Å². The van der Waals surface area contributed by atoms with Gasteiger partial charge in [-0.15, -0.1) is 0 Å². The third-order valence-electron chi connectivity index (χ3n) is 2.34. The van der Waals surface area contributed by atoms with Crippen LogP contribution in [0.1, 0.15) is 11.1 Å². The fraction of sp³-hybridized carbons (Fsp3) is 0.300. The Hall–Kier alpha value is -1.35. The molecule has 0 saturated carbocycles. The van der Waals surface area contributed by atoms with Gasteiger partial charge < -0.3 is 0 Å². The van der Waals surface area contributed by atoms with Crippen LogP contribution >= 0.6 is 0 Å². The molecule has 0 bridgehead atoms. The fourth-order valence-electron chi connectivity index (χ4n) is 1.58. The quantitative estimate of drug-likeness (QED) is 0.601. The molecule has 68 valence electrons. The standard InChI is InChI=1S/C10H11NO2/c12-10-7-9-4-2-1-3-8(9)5-6-11(10)13/h1-4,13H,5-7H2. The summed E-state index contributed by atoms with van der Waals surface area (Å²) in [6.45, 7) is 0.399. The lowest BCUT2D eigenvalue weighted by atomic mass is 10.0. The Morgan fingerprint density at radius 1 is 1.23 bits per heavy atom. The SMILES string of the molecule is O=C1Cc2ccccc2CCN1O. The number of carbonyl (C=O) groups excluding carboxylic acids is 1. The molecule has 0 fully saturated rings. The van der Waals surface area contributed by atoms with Crippen LogP contribution in [0, 0.1) is 0 Å². The van der Waals surface area contributed by atoms with E-state index >= 15 is 0 Å². The van der Waals surface area contributed by atoms with Gasteiger partial charge in [-0.2, -0.15) is 0 Å². The van der Waals surface area contributed by atoms with Crippen molar-refractivity contribution in [1.82, 2.24) is 5.06 Å². The van der Waals surface area contributed by atoms with Crippen molar-refractivity contribution in [2.75, 3.05) is 6.54 Å². The maximum absolute atomic E-state index is 11.3. The van der Waals surface area contributed by atoms with E-state index in [-0.39, 0.29) is 5.91 Å². The van der Waals surface area contributed by atoms with Crippen LogP contribution in [0.3, 0.4) is 0 Å². The van der Waals surface area contributed by atoms with E-state index in [1.165, 1.54) is 0 Å². The molecule has 1 amide bonds. The summed E-state index contributed by atoms with van der Waals surface area (Å²) in [7, 11) is 0. The molecule has 1 aliphatic rings. The number of benzene rings is 1. The van der Waals surface area contributed by atoms with Gasteiger partial charge in [0.25, 0.3) is 0 Å². The minimum absolute atomic E-state index is 0.218. The van der Waals surface area contributed by atoms with Crippen LogP contribution in [-0.4, -0.2) is 22.7 Å². The number of fused-ring (bicyclic) bond motifs is 1. The molecule has 1 aromatic carbocycles. The highest BCUT2D eigenvalue weighted by Crippen LogP contribution is 2.14. The molecule has 3 nitrogen and oxygen atoms in total. The average molecular weight is 177 g/mol. The van der Waals surface area contributed by atoms with Gasteiger partial charge in [0.15, 0.2) is 0 Å². The van der Waals surface area contributed by atoms with Gasteiger partial charge in [0.05, 0.1) is 13.0 Å². The lowest BCUT2D eigenvalue weighted by Crippen LogP contribution is -2.28. The van der Waals surface area contributed by atoms with Crippen molar-refractivity contribution in [3.63, 3.8) is 0 Å². The number of hydrogen-bond donors (Lipinski definition) is 1. The summed E-state index contributed by atoms with van der Waals surface area (Å²) in [6, 6.07) is 7.81. The van der Waals surface area contributed by atoms with Crippen molar-refractivity contribution < 1.29 is 10.0 Å². The second kappa shape index (κ2) is 3.18. The van der Waals surface area contributed by atoms with Gasteiger partial charge in [-0.3, -0.25) is 10.0 Å². The van der Waals surface area contributed by atoms with Crippen LogP contribution in [0.5, 0.6) is 0 Å². The van der Waals surface area contributed by atoms with Gasteiger partial charge in [0, 0.05) is 0 Å². The number of rotatable bonds is 0. The molecule has 1 aliphatic heterocycles. The van der Waals surface area contributed by atoms with Gasteiger partial charge >= 0.3 is 0 Å². The van der Waals surface area contributed by atoms with E-state index in [2.05, 4.69) is 0 Å². The largest absolute Gasteiger partial charge is 0.286 e. The maximum Gasteiger partial charge on any atom is 0.250 e. The first kappa shape index (κ1) is 8.26. The van der Waals surface area contributed by atoms with E-state index in [1.54, 1.807) is 0 Å². The maximum atomic E-state index is 11.3. The normalized spacial score (nSPS) is 16.7.